The van der Waals surface area contributed by atoms with Gasteiger partial charge in [-0.05, 0) is 42.8 Å². The Labute approximate surface area is 174 Å². The average Bonchev–Trinajstić information content (AvgIpc) is 2.73. The van der Waals surface area contributed by atoms with E-state index in [4.69, 9.17) is 25.8 Å². The van der Waals surface area contributed by atoms with Crippen molar-refractivity contribution in [1.82, 2.24) is 4.90 Å². The van der Waals surface area contributed by atoms with E-state index in [0.29, 0.717) is 41.0 Å². The molecule has 0 spiro atoms. The maximum atomic E-state index is 13.0. The third kappa shape index (κ3) is 4.56. The lowest BCUT2D eigenvalue weighted by Crippen LogP contribution is -2.46. The molecule has 154 valence electrons. The van der Waals surface area contributed by atoms with Crippen LogP contribution in [0.4, 0.5) is 5.69 Å². The standard InChI is InChI=1S/C21H23ClN2O5/c1-4-23(11-14-5-7-18(27-2)19(9-14)28-3)20(25)12-24-16-10-15(22)6-8-17(16)29-13-21(24)26/h5-10H,4,11-13H2,1-3H3. The van der Waals surface area contributed by atoms with Gasteiger partial charge in [0.25, 0.3) is 5.91 Å². The summed E-state index contributed by atoms with van der Waals surface area (Å²) in [6.07, 6.45) is 0. The Kier molecular flexibility index (Phi) is 6.49. The lowest BCUT2D eigenvalue weighted by Gasteiger charge is -2.31. The highest BCUT2D eigenvalue weighted by atomic mass is 35.5. The zero-order valence-corrected chi connectivity index (χ0v) is 17.4. The molecule has 2 amide bonds. The molecule has 0 N–H and O–H groups in total. The minimum Gasteiger partial charge on any atom is -0.493 e. The maximum Gasteiger partial charge on any atom is 0.265 e. The van der Waals surface area contributed by atoms with Crippen LogP contribution < -0.4 is 19.1 Å². The van der Waals surface area contributed by atoms with E-state index in [9.17, 15) is 9.59 Å². The summed E-state index contributed by atoms with van der Waals surface area (Å²) in [6, 6.07) is 10.5. The van der Waals surface area contributed by atoms with Crippen molar-refractivity contribution in [2.45, 2.75) is 13.5 Å². The van der Waals surface area contributed by atoms with Crippen LogP contribution in [0.15, 0.2) is 36.4 Å². The van der Waals surface area contributed by atoms with Crippen LogP contribution in [0.2, 0.25) is 5.02 Å². The van der Waals surface area contributed by atoms with E-state index in [1.54, 1.807) is 43.4 Å². The van der Waals surface area contributed by atoms with Crippen molar-refractivity contribution in [3.05, 3.63) is 47.0 Å². The van der Waals surface area contributed by atoms with Gasteiger partial charge in [-0.3, -0.25) is 14.5 Å². The van der Waals surface area contributed by atoms with Crippen LogP contribution >= 0.6 is 11.6 Å². The third-order valence-electron chi connectivity index (χ3n) is 4.71. The molecule has 0 aromatic heterocycles. The molecule has 8 heteroatoms. The van der Waals surface area contributed by atoms with Gasteiger partial charge in [-0.25, -0.2) is 0 Å². The molecule has 0 fully saturated rings. The van der Waals surface area contributed by atoms with Crippen molar-refractivity contribution in [2.24, 2.45) is 0 Å². The number of fused-ring (bicyclic) bond motifs is 1. The lowest BCUT2D eigenvalue weighted by molar-refractivity contribution is -0.132. The number of carbonyl (C=O) groups is 2. The molecular weight excluding hydrogens is 396 g/mol. The Bertz CT molecular complexity index is 918. The molecule has 0 unspecified atom stereocenters. The van der Waals surface area contributed by atoms with E-state index < -0.39 is 0 Å². The normalized spacial score (nSPS) is 12.8. The Morgan fingerprint density at radius 1 is 1.17 bits per heavy atom. The van der Waals surface area contributed by atoms with E-state index in [1.165, 1.54) is 4.90 Å². The summed E-state index contributed by atoms with van der Waals surface area (Å²) in [7, 11) is 3.14. The van der Waals surface area contributed by atoms with E-state index in [0.717, 1.165) is 5.56 Å². The van der Waals surface area contributed by atoms with Crippen molar-refractivity contribution in [1.29, 1.82) is 0 Å². The number of amides is 2. The van der Waals surface area contributed by atoms with Crippen molar-refractivity contribution < 1.29 is 23.8 Å². The highest BCUT2D eigenvalue weighted by molar-refractivity contribution is 6.31. The molecular formula is C21H23ClN2O5. The van der Waals surface area contributed by atoms with Crippen LogP contribution in [0, 0.1) is 0 Å². The Hall–Kier alpha value is -2.93. The molecule has 7 nitrogen and oxygen atoms in total. The van der Waals surface area contributed by atoms with Crippen molar-refractivity contribution in [3.63, 3.8) is 0 Å². The first kappa shape index (κ1) is 20.8. The zero-order valence-electron chi connectivity index (χ0n) is 16.6. The summed E-state index contributed by atoms with van der Waals surface area (Å²) < 4.78 is 16.0. The molecule has 1 aliphatic rings. The monoisotopic (exact) mass is 418 g/mol. The van der Waals surface area contributed by atoms with Gasteiger partial charge in [-0.2, -0.15) is 0 Å². The number of nitrogens with zero attached hydrogens (tertiary/aromatic N) is 2. The molecule has 0 radical (unpaired) electrons. The van der Waals surface area contributed by atoms with Crippen LogP contribution in [0.1, 0.15) is 12.5 Å². The SMILES string of the molecule is CCN(Cc1ccc(OC)c(OC)c1)C(=O)CN1C(=O)COc2ccc(Cl)cc21. The predicted molar refractivity (Wildman–Crippen MR) is 110 cm³/mol. The number of anilines is 1. The molecule has 2 aromatic rings. The summed E-state index contributed by atoms with van der Waals surface area (Å²) >= 11 is 6.07. The Balaban J connectivity index is 1.77. The molecule has 0 saturated heterocycles. The summed E-state index contributed by atoms with van der Waals surface area (Å²) in [5.41, 5.74) is 1.40. The second-order valence-electron chi connectivity index (χ2n) is 6.48. The summed E-state index contributed by atoms with van der Waals surface area (Å²) in [5.74, 6) is 1.29. The van der Waals surface area contributed by atoms with Crippen molar-refractivity contribution >= 4 is 29.1 Å². The van der Waals surface area contributed by atoms with Gasteiger partial charge in [0, 0.05) is 18.1 Å². The number of hydrogen-bond acceptors (Lipinski definition) is 5. The molecule has 0 saturated carbocycles. The topological polar surface area (TPSA) is 68.3 Å². The second kappa shape index (κ2) is 9.05. The van der Waals surface area contributed by atoms with Crippen LogP contribution in [-0.4, -0.2) is 50.6 Å². The van der Waals surface area contributed by atoms with Crippen LogP contribution in [0.5, 0.6) is 17.2 Å². The molecule has 0 aliphatic carbocycles. The van der Waals surface area contributed by atoms with Gasteiger partial charge in [0.15, 0.2) is 18.1 Å². The van der Waals surface area contributed by atoms with Gasteiger partial charge < -0.3 is 19.1 Å². The Morgan fingerprint density at radius 2 is 1.93 bits per heavy atom. The second-order valence-corrected chi connectivity index (χ2v) is 6.91. The highest BCUT2D eigenvalue weighted by Crippen LogP contribution is 2.34. The molecule has 0 atom stereocenters. The number of carbonyl (C=O) groups excluding carboxylic acids is 2. The van der Waals surface area contributed by atoms with Crippen LogP contribution in [0.3, 0.4) is 0 Å². The fraction of sp³-hybridized carbons (Fsp3) is 0.333. The number of hydrogen-bond donors (Lipinski definition) is 0. The van der Waals surface area contributed by atoms with E-state index in [-0.39, 0.29) is 25.0 Å². The minimum absolute atomic E-state index is 0.0866. The first-order valence-electron chi connectivity index (χ1n) is 9.18. The number of methoxy groups -OCH3 is 2. The molecule has 2 aromatic carbocycles. The van der Waals surface area contributed by atoms with Gasteiger partial charge in [0.05, 0.1) is 19.9 Å². The quantitative estimate of drug-likeness (QED) is 0.691. The van der Waals surface area contributed by atoms with Gasteiger partial charge in [0.2, 0.25) is 5.91 Å². The van der Waals surface area contributed by atoms with Crippen molar-refractivity contribution in [3.8, 4) is 17.2 Å². The van der Waals surface area contributed by atoms with Gasteiger partial charge in [-0.1, -0.05) is 17.7 Å². The third-order valence-corrected chi connectivity index (χ3v) is 4.95. The number of benzene rings is 2. The van der Waals surface area contributed by atoms with Gasteiger partial charge in [-0.15, -0.1) is 0 Å². The van der Waals surface area contributed by atoms with Gasteiger partial charge >= 0.3 is 0 Å². The fourth-order valence-corrected chi connectivity index (χ4v) is 3.33. The number of likely N-dealkylation sites (N-methyl/N-ethyl adjacent to an activating group) is 1. The molecule has 1 aliphatic heterocycles. The fourth-order valence-electron chi connectivity index (χ4n) is 3.16. The van der Waals surface area contributed by atoms with Crippen LogP contribution in [0.25, 0.3) is 0 Å². The first-order valence-corrected chi connectivity index (χ1v) is 9.56. The van der Waals surface area contributed by atoms with Gasteiger partial charge in [0.1, 0.15) is 12.3 Å². The zero-order chi connectivity index (χ0) is 21.0. The predicted octanol–water partition coefficient (Wildman–Crippen LogP) is 3.13. The smallest absolute Gasteiger partial charge is 0.265 e. The minimum atomic E-state index is -0.282. The molecule has 1 heterocycles. The van der Waals surface area contributed by atoms with Crippen LogP contribution in [-0.2, 0) is 16.1 Å². The lowest BCUT2D eigenvalue weighted by atomic mass is 10.1. The highest BCUT2D eigenvalue weighted by Gasteiger charge is 2.29. The molecule has 3 rings (SSSR count). The van der Waals surface area contributed by atoms with Crippen molar-refractivity contribution in [2.75, 3.05) is 38.8 Å². The summed E-state index contributed by atoms with van der Waals surface area (Å²) in [4.78, 5) is 28.4. The van der Waals surface area contributed by atoms with E-state index in [1.807, 2.05) is 19.1 Å². The molecule has 29 heavy (non-hydrogen) atoms. The Morgan fingerprint density at radius 3 is 2.62 bits per heavy atom. The summed E-state index contributed by atoms with van der Waals surface area (Å²) in [5, 5.41) is 0.470. The van der Waals surface area contributed by atoms with E-state index >= 15 is 0 Å². The number of ether oxygens (including phenoxy) is 3. The largest absolute Gasteiger partial charge is 0.493 e. The molecule has 0 bridgehead atoms. The first-order chi connectivity index (χ1) is 14.0. The number of rotatable bonds is 7. The maximum absolute atomic E-state index is 13.0. The average molecular weight is 419 g/mol. The van der Waals surface area contributed by atoms with E-state index in [2.05, 4.69) is 0 Å². The summed E-state index contributed by atoms with van der Waals surface area (Å²) in [6.45, 7) is 2.58. The number of halogens is 1.